The van der Waals surface area contributed by atoms with Gasteiger partial charge in [-0.2, -0.15) is 0 Å². The van der Waals surface area contributed by atoms with Crippen LogP contribution in [0, 0.1) is 0 Å². The van der Waals surface area contributed by atoms with Crippen LogP contribution in [-0.2, 0) is 29.4 Å². The van der Waals surface area contributed by atoms with E-state index in [2.05, 4.69) is 54.6 Å². The maximum absolute atomic E-state index is 11.1. The topological polar surface area (TPSA) is 71.1 Å². The average Bonchev–Trinajstić information content (AvgIpc) is 2.95. The molecule has 0 saturated heterocycles. The van der Waals surface area contributed by atoms with Crippen LogP contribution in [0.2, 0.25) is 0 Å². The summed E-state index contributed by atoms with van der Waals surface area (Å²) in [6, 6.07) is 26.4. The fourth-order valence-electron chi connectivity index (χ4n) is 4.31. The van der Waals surface area contributed by atoms with E-state index in [9.17, 15) is 9.59 Å². The molecule has 3 aromatic carbocycles. The van der Waals surface area contributed by atoms with Gasteiger partial charge in [-0.05, 0) is 46.0 Å². The molecule has 196 valence electrons. The van der Waals surface area contributed by atoms with Crippen LogP contribution >= 0.6 is 0 Å². The minimum Gasteiger partial charge on any atom is -0.490 e. The van der Waals surface area contributed by atoms with Crippen LogP contribution in [0.4, 0.5) is 0 Å². The van der Waals surface area contributed by atoms with E-state index < -0.39 is 5.60 Å². The van der Waals surface area contributed by atoms with Crippen LogP contribution in [0.5, 0.6) is 5.75 Å². The molecule has 1 atom stereocenters. The van der Waals surface area contributed by atoms with E-state index in [1.807, 2.05) is 42.5 Å². The van der Waals surface area contributed by atoms with E-state index in [-0.39, 0.29) is 25.2 Å². The molecule has 6 heteroatoms. The van der Waals surface area contributed by atoms with Crippen molar-refractivity contribution in [2.75, 3.05) is 26.4 Å². The zero-order valence-corrected chi connectivity index (χ0v) is 21.7. The van der Waals surface area contributed by atoms with Crippen LogP contribution in [0.15, 0.2) is 97.1 Å². The average molecular weight is 513 g/mol. The third-order valence-corrected chi connectivity index (χ3v) is 6.23. The Bertz CT molecular complexity index is 1280. The predicted octanol–water partition coefficient (Wildman–Crippen LogP) is 6.11. The van der Waals surface area contributed by atoms with Crippen molar-refractivity contribution in [2.45, 2.75) is 25.9 Å². The van der Waals surface area contributed by atoms with Crippen molar-refractivity contribution in [2.24, 2.45) is 0 Å². The molecular weight excluding hydrogens is 480 g/mol. The van der Waals surface area contributed by atoms with Crippen LogP contribution < -0.4 is 4.74 Å². The Morgan fingerprint density at radius 3 is 1.87 bits per heavy atom. The largest absolute Gasteiger partial charge is 0.490 e. The molecule has 0 N–H and O–H groups in total. The van der Waals surface area contributed by atoms with E-state index in [1.54, 1.807) is 0 Å². The first kappa shape index (κ1) is 26.9. The first-order valence-corrected chi connectivity index (χ1v) is 12.6. The van der Waals surface area contributed by atoms with Gasteiger partial charge in [0.1, 0.15) is 31.2 Å². The lowest BCUT2D eigenvalue weighted by Gasteiger charge is -2.33. The molecule has 1 unspecified atom stereocenters. The molecule has 3 aromatic rings. The Balaban J connectivity index is 1.40. The number of ether oxygens (including phenoxy) is 4. The summed E-state index contributed by atoms with van der Waals surface area (Å²) in [5.41, 5.74) is 4.89. The van der Waals surface area contributed by atoms with E-state index >= 15 is 0 Å². The number of carbonyl (C=O) groups is 2. The molecule has 0 aliphatic heterocycles. The molecule has 38 heavy (non-hydrogen) atoms. The molecule has 0 spiro atoms. The highest BCUT2D eigenvalue weighted by molar-refractivity contribution is 5.77. The second kappa shape index (κ2) is 12.9. The monoisotopic (exact) mass is 512 g/mol. The normalized spacial score (nSPS) is 16.4. The molecule has 0 radical (unpaired) electrons. The Labute approximate surface area is 223 Å². The fourth-order valence-corrected chi connectivity index (χ4v) is 4.31. The number of hydrogen-bond donors (Lipinski definition) is 0. The van der Waals surface area contributed by atoms with E-state index in [0.717, 1.165) is 33.6 Å². The van der Waals surface area contributed by atoms with Crippen LogP contribution in [0.25, 0.3) is 16.7 Å². The van der Waals surface area contributed by atoms with Gasteiger partial charge in [-0.1, -0.05) is 78.9 Å². The van der Waals surface area contributed by atoms with Gasteiger partial charge in [0.25, 0.3) is 0 Å². The molecule has 0 amide bonds. The number of allylic oxidation sites excluding steroid dienone is 2. The van der Waals surface area contributed by atoms with Gasteiger partial charge in [-0.3, -0.25) is 9.59 Å². The van der Waals surface area contributed by atoms with E-state index in [4.69, 9.17) is 18.9 Å². The van der Waals surface area contributed by atoms with Crippen molar-refractivity contribution in [3.63, 3.8) is 0 Å². The van der Waals surface area contributed by atoms with Gasteiger partial charge in [0.2, 0.25) is 0 Å². The molecule has 0 saturated carbocycles. The van der Waals surface area contributed by atoms with Gasteiger partial charge in [-0.15, -0.1) is 0 Å². The number of rotatable bonds is 11. The third-order valence-electron chi connectivity index (χ3n) is 6.23. The van der Waals surface area contributed by atoms with Crippen LogP contribution in [0.1, 0.15) is 31.4 Å². The lowest BCUT2D eigenvalue weighted by molar-refractivity contribution is -0.144. The van der Waals surface area contributed by atoms with Crippen molar-refractivity contribution < 1.29 is 28.5 Å². The Hall–Kier alpha value is -4.16. The standard InChI is InChI=1S/C32H32O6/c1-24(33)35-20-21-37-31-14-12-28(13-15-31)26-8-10-27(11-9-26)29-16-18-32(19-17-29,30-6-4-3-5-7-30)38-23-22-36-25(2)34/h3-18H,19-23H2,1-2H3. The van der Waals surface area contributed by atoms with Crippen molar-refractivity contribution in [3.8, 4) is 16.9 Å². The number of hydrogen-bond acceptors (Lipinski definition) is 6. The quantitative estimate of drug-likeness (QED) is 0.228. The van der Waals surface area contributed by atoms with Crippen LogP contribution in [0.3, 0.4) is 0 Å². The maximum Gasteiger partial charge on any atom is 0.302 e. The highest BCUT2D eigenvalue weighted by Crippen LogP contribution is 2.38. The van der Waals surface area contributed by atoms with Crippen molar-refractivity contribution in [1.29, 1.82) is 0 Å². The van der Waals surface area contributed by atoms with Crippen molar-refractivity contribution in [3.05, 3.63) is 108 Å². The second-order valence-corrected chi connectivity index (χ2v) is 8.93. The first-order valence-electron chi connectivity index (χ1n) is 12.6. The number of esters is 2. The third kappa shape index (κ3) is 7.20. The van der Waals surface area contributed by atoms with Crippen LogP contribution in [-0.4, -0.2) is 38.4 Å². The van der Waals surface area contributed by atoms with Gasteiger partial charge in [0, 0.05) is 20.3 Å². The first-order chi connectivity index (χ1) is 18.4. The molecule has 0 bridgehead atoms. The minimum atomic E-state index is -0.604. The summed E-state index contributed by atoms with van der Waals surface area (Å²) in [7, 11) is 0. The lowest BCUT2D eigenvalue weighted by atomic mass is 9.83. The summed E-state index contributed by atoms with van der Waals surface area (Å²) < 4.78 is 21.8. The number of benzene rings is 3. The van der Waals surface area contributed by atoms with Gasteiger partial charge in [0.15, 0.2) is 0 Å². The number of carbonyl (C=O) groups excluding carboxylic acids is 2. The van der Waals surface area contributed by atoms with Gasteiger partial charge in [0.05, 0.1) is 6.61 Å². The Kier molecular flexibility index (Phi) is 9.11. The molecule has 1 aliphatic rings. The molecule has 0 aromatic heterocycles. The Morgan fingerprint density at radius 2 is 1.29 bits per heavy atom. The molecule has 0 heterocycles. The summed E-state index contributed by atoms with van der Waals surface area (Å²) in [6.07, 6.45) is 7.05. The minimum absolute atomic E-state index is 0.219. The van der Waals surface area contributed by atoms with Gasteiger partial charge < -0.3 is 18.9 Å². The van der Waals surface area contributed by atoms with Gasteiger partial charge in [-0.25, -0.2) is 0 Å². The molecule has 6 nitrogen and oxygen atoms in total. The summed E-state index contributed by atoms with van der Waals surface area (Å²) >= 11 is 0. The molecule has 4 rings (SSSR count). The zero-order chi connectivity index (χ0) is 26.8. The van der Waals surface area contributed by atoms with E-state index in [1.165, 1.54) is 13.8 Å². The lowest BCUT2D eigenvalue weighted by Crippen LogP contribution is -2.30. The molecule has 0 fully saturated rings. The summed E-state index contributed by atoms with van der Waals surface area (Å²) in [4.78, 5) is 22.0. The molecular formula is C32H32O6. The van der Waals surface area contributed by atoms with E-state index in [0.29, 0.717) is 19.6 Å². The molecule has 1 aliphatic carbocycles. The maximum atomic E-state index is 11.1. The summed E-state index contributed by atoms with van der Waals surface area (Å²) in [5.74, 6) is 0.103. The highest BCUT2D eigenvalue weighted by atomic mass is 16.6. The highest BCUT2D eigenvalue weighted by Gasteiger charge is 2.31. The summed E-state index contributed by atoms with van der Waals surface area (Å²) in [5, 5.41) is 0. The van der Waals surface area contributed by atoms with Crippen molar-refractivity contribution >= 4 is 17.5 Å². The predicted molar refractivity (Wildman–Crippen MR) is 146 cm³/mol. The smallest absolute Gasteiger partial charge is 0.302 e. The summed E-state index contributed by atoms with van der Waals surface area (Å²) in [6.45, 7) is 3.86. The fraction of sp³-hybridized carbons (Fsp3) is 0.250. The Morgan fingerprint density at radius 1 is 0.711 bits per heavy atom. The SMILES string of the molecule is CC(=O)OCCOc1ccc(-c2ccc(C3=CCC(OCCOC(C)=O)(c4ccccc4)C=C3)cc2)cc1. The second-order valence-electron chi connectivity index (χ2n) is 8.93. The zero-order valence-electron chi connectivity index (χ0n) is 21.7. The van der Waals surface area contributed by atoms with Crippen molar-refractivity contribution in [1.82, 2.24) is 0 Å². The van der Waals surface area contributed by atoms with Gasteiger partial charge >= 0.3 is 11.9 Å².